The number of esters is 1. The van der Waals surface area contributed by atoms with Gasteiger partial charge in [0.1, 0.15) is 0 Å². The molecule has 0 saturated carbocycles. The first kappa shape index (κ1) is 18.2. The van der Waals surface area contributed by atoms with Gasteiger partial charge in [-0.3, -0.25) is 4.76 Å². The lowest BCUT2D eigenvalue weighted by Crippen LogP contribution is -2.28. The summed E-state index contributed by atoms with van der Waals surface area (Å²) in [5.74, 6) is -0.340. The van der Waals surface area contributed by atoms with Crippen LogP contribution >= 0.6 is 7.04 Å². The zero-order chi connectivity index (χ0) is 19.4. The summed E-state index contributed by atoms with van der Waals surface area (Å²) in [7, 11) is -1.14. The number of nitrogens with zero attached hydrogens (tertiary/aromatic N) is 1. The molecule has 0 radical (unpaired) electrons. The predicted molar refractivity (Wildman–Crippen MR) is 118 cm³/mol. The van der Waals surface area contributed by atoms with Gasteiger partial charge in [0.05, 0.1) is 25.2 Å². The van der Waals surface area contributed by atoms with Crippen molar-refractivity contribution in [2.24, 2.45) is 4.76 Å². The summed E-state index contributed by atoms with van der Waals surface area (Å²) in [6, 6.07) is 30.2. The van der Waals surface area contributed by atoms with Crippen LogP contribution in [0.4, 0.5) is 0 Å². The van der Waals surface area contributed by atoms with E-state index in [1.807, 2.05) is 78.9 Å². The molecule has 3 nitrogen and oxygen atoms in total. The molecule has 0 aliphatic carbocycles. The van der Waals surface area contributed by atoms with E-state index in [0.717, 1.165) is 21.9 Å². The molecule has 0 amide bonds. The number of benzene rings is 3. The van der Waals surface area contributed by atoms with Crippen LogP contribution in [0.15, 0.2) is 108 Å². The summed E-state index contributed by atoms with van der Waals surface area (Å²) in [6.07, 6.45) is 3.79. The van der Waals surface area contributed by atoms with Crippen LogP contribution in [0.2, 0.25) is 0 Å². The van der Waals surface area contributed by atoms with Crippen LogP contribution in [0.3, 0.4) is 0 Å². The number of carbonyl (C=O) groups is 1. The maximum absolute atomic E-state index is 12.8. The van der Waals surface area contributed by atoms with Crippen LogP contribution in [-0.2, 0) is 9.53 Å². The molecule has 3 aromatic rings. The van der Waals surface area contributed by atoms with Gasteiger partial charge in [-0.1, -0.05) is 91.0 Å². The minimum Gasteiger partial charge on any atom is -0.465 e. The zero-order valence-corrected chi connectivity index (χ0v) is 16.4. The lowest BCUT2D eigenvalue weighted by atomic mass is 10.1. The van der Waals surface area contributed by atoms with Crippen molar-refractivity contribution in [3.8, 4) is 0 Å². The Labute approximate surface area is 165 Å². The molecule has 0 unspecified atom stereocenters. The molecular formula is C24H20NO2P. The first-order chi connectivity index (χ1) is 13.8. The average Bonchev–Trinajstić information content (AvgIpc) is 2.80. The van der Waals surface area contributed by atoms with E-state index in [-0.39, 0.29) is 5.97 Å². The van der Waals surface area contributed by atoms with Crippen molar-refractivity contribution in [2.75, 3.05) is 7.11 Å². The SMILES string of the molecule is COC(=O)C1=P(c2ccccc2)(c2ccccc2)N=C(c2ccccc2)C=C1. The van der Waals surface area contributed by atoms with Crippen LogP contribution in [0.25, 0.3) is 0 Å². The molecule has 4 rings (SSSR count). The molecule has 1 aliphatic heterocycles. The summed E-state index contributed by atoms with van der Waals surface area (Å²) in [5, 5.41) is 2.66. The Morgan fingerprint density at radius 3 is 1.75 bits per heavy atom. The van der Waals surface area contributed by atoms with Crippen molar-refractivity contribution >= 4 is 34.6 Å². The predicted octanol–water partition coefficient (Wildman–Crippen LogP) is 3.97. The average molecular weight is 385 g/mol. The van der Waals surface area contributed by atoms with Crippen molar-refractivity contribution in [3.05, 3.63) is 109 Å². The standard InChI is InChI=1S/C24H20NO2P/c1-27-24(26)23-18-17-22(19-11-5-2-6-12-19)25-28(23,20-13-7-3-8-14-20)21-15-9-4-10-16-21/h2-18H,1H3. The molecule has 28 heavy (non-hydrogen) atoms. The molecule has 0 bridgehead atoms. The molecule has 1 aliphatic rings. The second-order valence-electron chi connectivity index (χ2n) is 6.37. The van der Waals surface area contributed by atoms with Crippen molar-refractivity contribution < 1.29 is 9.53 Å². The number of hydrogen-bond acceptors (Lipinski definition) is 3. The minimum atomic E-state index is -2.56. The lowest BCUT2D eigenvalue weighted by Gasteiger charge is -2.29. The second kappa shape index (κ2) is 7.84. The van der Waals surface area contributed by atoms with Gasteiger partial charge in [-0.05, 0) is 12.2 Å². The highest BCUT2D eigenvalue weighted by atomic mass is 31.2. The Morgan fingerprint density at radius 2 is 1.25 bits per heavy atom. The summed E-state index contributed by atoms with van der Waals surface area (Å²) in [4.78, 5) is 12.8. The van der Waals surface area contributed by atoms with Crippen LogP contribution in [0.5, 0.6) is 0 Å². The van der Waals surface area contributed by atoms with Crippen molar-refractivity contribution in [3.63, 3.8) is 0 Å². The molecule has 0 atom stereocenters. The molecule has 0 N–H and O–H groups in total. The Kier molecular flexibility index (Phi) is 5.10. The van der Waals surface area contributed by atoms with Crippen molar-refractivity contribution in [1.82, 2.24) is 0 Å². The third-order valence-electron chi connectivity index (χ3n) is 4.73. The Morgan fingerprint density at radius 1 is 0.750 bits per heavy atom. The van der Waals surface area contributed by atoms with Crippen LogP contribution < -0.4 is 10.6 Å². The molecule has 0 saturated heterocycles. The zero-order valence-electron chi connectivity index (χ0n) is 15.5. The largest absolute Gasteiger partial charge is 0.465 e. The Hall–Kier alpha value is -3.16. The highest BCUT2D eigenvalue weighted by Crippen LogP contribution is 2.51. The normalized spacial score (nSPS) is 15.0. The molecule has 3 aromatic carbocycles. The molecular weight excluding hydrogens is 365 g/mol. The molecule has 1 heterocycles. The third kappa shape index (κ3) is 3.15. The van der Waals surface area contributed by atoms with Crippen molar-refractivity contribution in [1.29, 1.82) is 0 Å². The van der Waals surface area contributed by atoms with E-state index < -0.39 is 7.04 Å². The van der Waals surface area contributed by atoms with Gasteiger partial charge in [0, 0.05) is 16.2 Å². The second-order valence-corrected chi connectivity index (χ2v) is 9.35. The van der Waals surface area contributed by atoms with Gasteiger partial charge in [0.25, 0.3) is 0 Å². The summed E-state index contributed by atoms with van der Waals surface area (Å²) < 4.78 is 10.4. The molecule has 138 valence electrons. The smallest absolute Gasteiger partial charge is 0.340 e. The molecule has 0 fully saturated rings. The molecule has 0 aromatic heterocycles. The van der Waals surface area contributed by atoms with Gasteiger partial charge in [-0.25, -0.2) is 4.79 Å². The summed E-state index contributed by atoms with van der Waals surface area (Å²) >= 11 is 0. The van der Waals surface area contributed by atoms with Gasteiger partial charge in [0.15, 0.2) is 0 Å². The van der Waals surface area contributed by atoms with Gasteiger partial charge < -0.3 is 4.74 Å². The fourth-order valence-corrected chi connectivity index (χ4v) is 6.96. The van der Waals surface area contributed by atoms with E-state index in [1.165, 1.54) is 7.11 Å². The molecule has 0 spiro atoms. The molecule has 4 heteroatoms. The van der Waals surface area contributed by atoms with E-state index in [1.54, 1.807) is 0 Å². The minimum absolute atomic E-state index is 0.340. The van der Waals surface area contributed by atoms with E-state index >= 15 is 0 Å². The fraction of sp³-hybridized carbons (Fsp3) is 0.0417. The van der Waals surface area contributed by atoms with Crippen LogP contribution in [-0.4, -0.2) is 24.1 Å². The Bertz CT molecular complexity index is 1060. The number of allylic oxidation sites excluding steroid dienone is 1. The third-order valence-corrected chi connectivity index (χ3v) is 8.36. The van der Waals surface area contributed by atoms with E-state index in [4.69, 9.17) is 9.50 Å². The Balaban J connectivity index is 2.12. The number of carbonyl (C=O) groups excluding carboxylic acids is 1. The van der Waals surface area contributed by atoms with Gasteiger partial charge in [-0.2, -0.15) is 0 Å². The highest BCUT2D eigenvalue weighted by molar-refractivity contribution is 7.90. The topological polar surface area (TPSA) is 38.7 Å². The van der Waals surface area contributed by atoms with Crippen LogP contribution in [0.1, 0.15) is 5.56 Å². The monoisotopic (exact) mass is 385 g/mol. The maximum Gasteiger partial charge on any atom is 0.340 e. The van der Waals surface area contributed by atoms with Gasteiger partial charge in [-0.15, -0.1) is 0 Å². The summed E-state index contributed by atoms with van der Waals surface area (Å²) in [5.41, 5.74) is 1.90. The number of hydrogen-bond donors (Lipinski definition) is 0. The number of methoxy groups -OCH3 is 1. The fourth-order valence-electron chi connectivity index (χ4n) is 3.41. The van der Waals surface area contributed by atoms with Crippen molar-refractivity contribution in [2.45, 2.75) is 0 Å². The first-order valence-corrected chi connectivity index (χ1v) is 10.8. The quantitative estimate of drug-likeness (QED) is 0.503. The van der Waals surface area contributed by atoms with E-state index in [0.29, 0.717) is 5.29 Å². The van der Waals surface area contributed by atoms with Gasteiger partial charge in [0.2, 0.25) is 0 Å². The summed E-state index contributed by atoms with van der Waals surface area (Å²) in [6.45, 7) is 0. The van der Waals surface area contributed by atoms with E-state index in [2.05, 4.69) is 24.3 Å². The van der Waals surface area contributed by atoms with E-state index in [9.17, 15) is 4.79 Å². The van der Waals surface area contributed by atoms with Gasteiger partial charge >= 0.3 is 5.97 Å². The highest BCUT2D eigenvalue weighted by Gasteiger charge is 2.33. The maximum atomic E-state index is 12.8. The first-order valence-electron chi connectivity index (χ1n) is 9.05. The lowest BCUT2D eigenvalue weighted by molar-refractivity contribution is -0.132. The number of rotatable bonds is 4. The number of ether oxygens (including phenoxy) is 1. The van der Waals surface area contributed by atoms with Crippen LogP contribution in [0, 0.1) is 0 Å².